The molecule has 62 valence electrons. The van der Waals surface area contributed by atoms with Crippen molar-refractivity contribution in [2.75, 3.05) is 0 Å². The number of Topliss-reactive ketones (excluding diaryl/α,β-unsaturated/α-hetero) is 1. The van der Waals surface area contributed by atoms with Crippen molar-refractivity contribution in [3.63, 3.8) is 0 Å². The number of allylic oxidation sites excluding steroid dienone is 1. The Kier molecular flexibility index (Phi) is 1.91. The number of amides is 2. The first-order valence-corrected chi connectivity index (χ1v) is 3.30. The van der Waals surface area contributed by atoms with Crippen molar-refractivity contribution in [1.29, 1.82) is 0 Å². The molecule has 1 aliphatic rings. The number of rotatable bonds is 2. The number of carbonyl (C=O) groups excluding carboxylic acids is 3. The highest BCUT2D eigenvalue weighted by atomic mass is 16.2. The highest BCUT2D eigenvalue weighted by molar-refractivity contribution is 6.17. The van der Waals surface area contributed by atoms with E-state index in [1.54, 1.807) is 0 Å². The van der Waals surface area contributed by atoms with Crippen LogP contribution in [0.2, 0.25) is 0 Å². The average molecular weight is 165 g/mol. The maximum Gasteiger partial charge on any atom is 0.258 e. The van der Waals surface area contributed by atoms with Crippen LogP contribution < -0.4 is 0 Å². The summed E-state index contributed by atoms with van der Waals surface area (Å²) in [6.07, 6.45) is 2.22. The summed E-state index contributed by atoms with van der Waals surface area (Å²) >= 11 is 0. The molecule has 0 unspecified atom stereocenters. The van der Waals surface area contributed by atoms with E-state index >= 15 is 0 Å². The molecule has 0 aromatic rings. The van der Waals surface area contributed by atoms with Gasteiger partial charge < -0.3 is 0 Å². The van der Waals surface area contributed by atoms with Gasteiger partial charge in [-0.3, -0.25) is 14.4 Å². The Balaban J connectivity index is 2.91. The van der Waals surface area contributed by atoms with Gasteiger partial charge in [-0.1, -0.05) is 6.58 Å². The smallest absolute Gasteiger partial charge is 0.258 e. The topological polar surface area (TPSA) is 54.5 Å². The third-order valence-corrected chi connectivity index (χ3v) is 1.49. The highest BCUT2D eigenvalue weighted by Gasteiger charge is 2.27. The SMILES string of the molecule is C=C(C(C)=O)N1C(=O)C=CC1=O. The molecule has 1 aliphatic heterocycles. The van der Waals surface area contributed by atoms with Crippen LogP contribution in [0.15, 0.2) is 24.4 Å². The van der Waals surface area contributed by atoms with Crippen molar-refractivity contribution in [3.05, 3.63) is 24.4 Å². The summed E-state index contributed by atoms with van der Waals surface area (Å²) in [5, 5.41) is 0. The lowest BCUT2D eigenvalue weighted by atomic mass is 10.3. The fourth-order valence-electron chi connectivity index (χ4n) is 0.824. The monoisotopic (exact) mass is 165 g/mol. The van der Waals surface area contributed by atoms with Gasteiger partial charge in [-0.2, -0.15) is 0 Å². The maximum absolute atomic E-state index is 10.9. The molecule has 0 N–H and O–H groups in total. The third-order valence-electron chi connectivity index (χ3n) is 1.49. The van der Waals surface area contributed by atoms with Gasteiger partial charge in [0.1, 0.15) is 0 Å². The molecule has 0 aromatic heterocycles. The standard InChI is InChI=1S/C8H7NO3/c1-5(6(2)10)9-7(11)3-4-8(9)12/h3-4H,1H2,2H3. The Labute approximate surface area is 69.2 Å². The highest BCUT2D eigenvalue weighted by Crippen LogP contribution is 2.10. The van der Waals surface area contributed by atoms with Crippen molar-refractivity contribution in [1.82, 2.24) is 4.90 Å². The molecule has 0 radical (unpaired) electrons. The summed E-state index contributed by atoms with van der Waals surface area (Å²) < 4.78 is 0. The predicted octanol–water partition coefficient (Wildman–Crippen LogP) is 0.0141. The maximum atomic E-state index is 10.9. The van der Waals surface area contributed by atoms with Gasteiger partial charge in [-0.05, 0) is 0 Å². The lowest BCUT2D eigenvalue weighted by molar-refractivity contribution is -0.136. The Morgan fingerprint density at radius 1 is 1.33 bits per heavy atom. The number of imide groups is 1. The second kappa shape index (κ2) is 2.73. The first-order valence-electron chi connectivity index (χ1n) is 3.30. The minimum atomic E-state index is -0.514. The fraction of sp³-hybridized carbons (Fsp3) is 0.125. The molecule has 1 heterocycles. The van der Waals surface area contributed by atoms with Crippen LogP contribution in [0.1, 0.15) is 6.92 Å². The summed E-state index contributed by atoms with van der Waals surface area (Å²) in [6, 6.07) is 0. The van der Waals surface area contributed by atoms with Crippen LogP contribution in [-0.2, 0) is 14.4 Å². The summed E-state index contributed by atoms with van der Waals surface area (Å²) in [6.45, 7) is 4.58. The van der Waals surface area contributed by atoms with Gasteiger partial charge in [0.15, 0.2) is 5.78 Å². The van der Waals surface area contributed by atoms with Gasteiger partial charge in [0.05, 0.1) is 5.70 Å². The van der Waals surface area contributed by atoms with E-state index in [-0.39, 0.29) is 11.5 Å². The molecule has 0 saturated carbocycles. The molecule has 4 heteroatoms. The lowest BCUT2D eigenvalue weighted by Crippen LogP contribution is -2.31. The second-order valence-electron chi connectivity index (χ2n) is 2.35. The molecule has 0 atom stereocenters. The molecule has 0 spiro atoms. The third kappa shape index (κ3) is 1.18. The molecule has 4 nitrogen and oxygen atoms in total. The van der Waals surface area contributed by atoms with Gasteiger partial charge >= 0.3 is 0 Å². The van der Waals surface area contributed by atoms with Crippen molar-refractivity contribution in [2.24, 2.45) is 0 Å². The van der Waals surface area contributed by atoms with E-state index in [1.165, 1.54) is 6.92 Å². The van der Waals surface area contributed by atoms with E-state index < -0.39 is 11.8 Å². The minimum Gasteiger partial charge on any atom is -0.293 e. The van der Waals surface area contributed by atoms with Crippen molar-refractivity contribution < 1.29 is 14.4 Å². The van der Waals surface area contributed by atoms with Crippen LogP contribution in [0.3, 0.4) is 0 Å². The summed E-state index contributed by atoms with van der Waals surface area (Å²) in [5.41, 5.74) is -0.0880. The summed E-state index contributed by atoms with van der Waals surface area (Å²) in [5.74, 6) is -1.42. The number of carbonyl (C=O) groups is 3. The quantitative estimate of drug-likeness (QED) is 0.428. The second-order valence-corrected chi connectivity index (χ2v) is 2.35. The van der Waals surface area contributed by atoms with E-state index in [2.05, 4.69) is 6.58 Å². The predicted molar refractivity (Wildman–Crippen MR) is 40.8 cm³/mol. The Bertz CT molecular complexity index is 296. The number of hydrogen-bond acceptors (Lipinski definition) is 3. The molecule has 0 saturated heterocycles. The zero-order valence-corrected chi connectivity index (χ0v) is 6.53. The Hall–Kier alpha value is -1.71. The largest absolute Gasteiger partial charge is 0.293 e. The first-order chi connectivity index (χ1) is 5.54. The van der Waals surface area contributed by atoms with E-state index in [1.807, 2.05) is 0 Å². The summed E-state index contributed by atoms with van der Waals surface area (Å²) in [7, 11) is 0. The van der Waals surface area contributed by atoms with Crippen LogP contribution in [-0.4, -0.2) is 22.5 Å². The molecule has 0 bridgehead atoms. The van der Waals surface area contributed by atoms with E-state index in [4.69, 9.17) is 0 Å². The molecule has 2 amide bonds. The van der Waals surface area contributed by atoms with Crippen molar-refractivity contribution >= 4 is 17.6 Å². The van der Waals surface area contributed by atoms with E-state index in [0.29, 0.717) is 0 Å². The Morgan fingerprint density at radius 3 is 2.08 bits per heavy atom. The average Bonchev–Trinajstić information content (AvgIpc) is 2.30. The fourth-order valence-corrected chi connectivity index (χ4v) is 0.824. The van der Waals surface area contributed by atoms with Crippen LogP contribution in [0.4, 0.5) is 0 Å². The van der Waals surface area contributed by atoms with Crippen molar-refractivity contribution in [3.8, 4) is 0 Å². The van der Waals surface area contributed by atoms with Crippen LogP contribution in [0.5, 0.6) is 0 Å². The molecule has 1 rings (SSSR count). The lowest BCUT2D eigenvalue weighted by Gasteiger charge is -2.13. The van der Waals surface area contributed by atoms with Gasteiger partial charge in [-0.15, -0.1) is 0 Å². The van der Waals surface area contributed by atoms with Gasteiger partial charge in [0, 0.05) is 19.1 Å². The number of ketones is 1. The number of hydrogen-bond donors (Lipinski definition) is 0. The number of nitrogens with zero attached hydrogens (tertiary/aromatic N) is 1. The molecular weight excluding hydrogens is 158 g/mol. The van der Waals surface area contributed by atoms with Crippen LogP contribution in [0, 0.1) is 0 Å². The normalized spacial score (nSPS) is 15.6. The molecule has 12 heavy (non-hydrogen) atoms. The Morgan fingerprint density at radius 2 is 1.75 bits per heavy atom. The minimum absolute atomic E-state index is 0.0880. The van der Waals surface area contributed by atoms with Crippen molar-refractivity contribution in [2.45, 2.75) is 6.92 Å². The van der Waals surface area contributed by atoms with Gasteiger partial charge in [-0.25, -0.2) is 4.90 Å². The zero-order chi connectivity index (χ0) is 9.30. The first kappa shape index (κ1) is 8.39. The molecular formula is C8H7NO3. The molecule has 0 aromatic carbocycles. The van der Waals surface area contributed by atoms with Crippen LogP contribution >= 0.6 is 0 Å². The summed E-state index contributed by atoms with van der Waals surface area (Å²) in [4.78, 5) is 33.4. The van der Waals surface area contributed by atoms with Gasteiger partial charge in [0.25, 0.3) is 11.8 Å². The van der Waals surface area contributed by atoms with E-state index in [0.717, 1.165) is 17.1 Å². The van der Waals surface area contributed by atoms with Crippen LogP contribution in [0.25, 0.3) is 0 Å². The molecule has 0 aliphatic carbocycles. The van der Waals surface area contributed by atoms with E-state index in [9.17, 15) is 14.4 Å². The van der Waals surface area contributed by atoms with Gasteiger partial charge in [0.2, 0.25) is 0 Å². The molecule has 0 fully saturated rings. The zero-order valence-electron chi connectivity index (χ0n) is 6.53.